The van der Waals surface area contributed by atoms with Crippen molar-refractivity contribution in [2.45, 2.75) is 65.8 Å². The van der Waals surface area contributed by atoms with E-state index in [2.05, 4.69) is 35.4 Å². The number of nitrogens with one attached hydrogen (secondary N) is 1. The number of halogens is 3. The summed E-state index contributed by atoms with van der Waals surface area (Å²) < 4.78 is 43.7. The first-order chi connectivity index (χ1) is 16.3. The number of benzene rings is 2. The number of anilines is 2. The molecule has 0 spiro atoms. The summed E-state index contributed by atoms with van der Waals surface area (Å²) in [6, 6.07) is 9.50. The summed E-state index contributed by atoms with van der Waals surface area (Å²) in [6.07, 6.45) is -1.80. The van der Waals surface area contributed by atoms with Gasteiger partial charge in [0.2, 0.25) is 5.95 Å². The van der Waals surface area contributed by atoms with Crippen molar-refractivity contribution in [3.63, 3.8) is 0 Å². The Morgan fingerprint density at radius 2 is 1.91 bits per heavy atom. The second-order valence-corrected chi connectivity index (χ2v) is 10.4. The SMILES string of the molecule is Cc1cc2c(cc1CC(=O)O)nc(Nc1ccc(OC(F)(F)F)cc1)n2[C@H]1C[C@@H](C)CC(C)(C)C1. The normalized spacial score (nSPS) is 20.1. The van der Waals surface area contributed by atoms with Crippen LogP contribution in [0.1, 0.15) is 57.2 Å². The molecular formula is C26H30F3N3O3. The summed E-state index contributed by atoms with van der Waals surface area (Å²) in [5, 5.41) is 12.6. The average molecular weight is 490 g/mol. The molecular weight excluding hydrogens is 459 g/mol. The van der Waals surface area contributed by atoms with Crippen LogP contribution in [-0.4, -0.2) is 27.0 Å². The zero-order valence-electron chi connectivity index (χ0n) is 20.2. The number of carbonyl (C=O) groups is 1. The van der Waals surface area contributed by atoms with Gasteiger partial charge in [0.05, 0.1) is 17.5 Å². The fourth-order valence-electron chi connectivity index (χ4n) is 5.46. The van der Waals surface area contributed by atoms with Crippen molar-refractivity contribution in [1.29, 1.82) is 0 Å². The zero-order valence-corrected chi connectivity index (χ0v) is 20.2. The maximum Gasteiger partial charge on any atom is 0.573 e. The molecule has 0 radical (unpaired) electrons. The van der Waals surface area contributed by atoms with Crippen LogP contribution in [0.3, 0.4) is 0 Å². The lowest BCUT2D eigenvalue weighted by Crippen LogP contribution is -2.29. The maximum atomic E-state index is 12.5. The van der Waals surface area contributed by atoms with Crippen LogP contribution in [0.15, 0.2) is 36.4 Å². The number of fused-ring (bicyclic) bond motifs is 1. The van der Waals surface area contributed by atoms with Crippen LogP contribution < -0.4 is 10.1 Å². The van der Waals surface area contributed by atoms with Gasteiger partial charge in [-0.2, -0.15) is 0 Å². The first-order valence-electron chi connectivity index (χ1n) is 11.7. The number of ether oxygens (including phenoxy) is 1. The maximum absolute atomic E-state index is 12.5. The van der Waals surface area contributed by atoms with Gasteiger partial charge in [-0.3, -0.25) is 4.79 Å². The Kier molecular flexibility index (Phi) is 6.46. The van der Waals surface area contributed by atoms with Gasteiger partial charge in [-0.25, -0.2) is 4.98 Å². The van der Waals surface area contributed by atoms with Crippen LogP contribution in [0.25, 0.3) is 11.0 Å². The van der Waals surface area contributed by atoms with Crippen LogP contribution in [0.5, 0.6) is 5.75 Å². The highest BCUT2D eigenvalue weighted by molar-refractivity contribution is 5.83. The molecule has 9 heteroatoms. The minimum absolute atomic E-state index is 0.0917. The number of hydrogen-bond donors (Lipinski definition) is 2. The lowest BCUT2D eigenvalue weighted by atomic mass is 9.70. The Morgan fingerprint density at radius 1 is 1.23 bits per heavy atom. The van der Waals surface area contributed by atoms with Gasteiger partial charge in [0.25, 0.3) is 0 Å². The van der Waals surface area contributed by atoms with Crippen LogP contribution in [0, 0.1) is 18.3 Å². The molecule has 2 atom stereocenters. The number of nitrogens with zero attached hydrogens (tertiary/aromatic N) is 2. The summed E-state index contributed by atoms with van der Waals surface area (Å²) in [4.78, 5) is 16.1. The minimum Gasteiger partial charge on any atom is -0.481 e. The fourth-order valence-corrected chi connectivity index (χ4v) is 5.46. The van der Waals surface area contributed by atoms with E-state index in [-0.39, 0.29) is 23.6 Å². The Balaban J connectivity index is 1.76. The molecule has 1 aromatic heterocycles. The van der Waals surface area contributed by atoms with Gasteiger partial charge in [-0.05, 0) is 85.0 Å². The molecule has 35 heavy (non-hydrogen) atoms. The predicted molar refractivity (Wildman–Crippen MR) is 128 cm³/mol. The molecule has 0 amide bonds. The third-order valence-corrected chi connectivity index (χ3v) is 6.56. The topological polar surface area (TPSA) is 76.4 Å². The molecule has 6 nitrogen and oxygen atoms in total. The standard InChI is InChI=1S/C26H30F3N3O3/c1-15-9-19(14-25(3,4)13-15)32-22-10-16(2)17(12-23(33)34)11-21(22)31-24(32)30-18-5-7-20(8-6-18)35-26(27,28)29/h5-8,10-11,15,19H,9,12-14H2,1-4H3,(H,30,31)(H,33,34)/t15-,19+/m1/s1. The molecule has 2 N–H and O–H groups in total. The number of aromatic nitrogens is 2. The van der Waals surface area contributed by atoms with E-state index in [1.165, 1.54) is 24.3 Å². The average Bonchev–Trinajstić information content (AvgIpc) is 3.03. The van der Waals surface area contributed by atoms with Crippen molar-refractivity contribution in [3.8, 4) is 5.75 Å². The molecule has 188 valence electrons. The van der Waals surface area contributed by atoms with Crippen LogP contribution in [0.2, 0.25) is 0 Å². The third-order valence-electron chi connectivity index (χ3n) is 6.56. The van der Waals surface area contributed by atoms with Gasteiger partial charge in [0, 0.05) is 11.7 Å². The van der Waals surface area contributed by atoms with E-state index in [1.54, 1.807) is 0 Å². The molecule has 1 fully saturated rings. The van der Waals surface area contributed by atoms with Gasteiger partial charge in [-0.1, -0.05) is 20.8 Å². The van der Waals surface area contributed by atoms with E-state index >= 15 is 0 Å². The van der Waals surface area contributed by atoms with Gasteiger partial charge in [-0.15, -0.1) is 13.2 Å². The van der Waals surface area contributed by atoms with Gasteiger partial charge in [0.15, 0.2) is 0 Å². The fraction of sp³-hybridized carbons (Fsp3) is 0.462. The summed E-state index contributed by atoms with van der Waals surface area (Å²) >= 11 is 0. The largest absolute Gasteiger partial charge is 0.573 e. The number of aliphatic carboxylic acids is 1. The highest BCUT2D eigenvalue weighted by Crippen LogP contribution is 2.46. The molecule has 1 aliphatic rings. The number of carboxylic acid groups (broad SMARTS) is 1. The molecule has 0 bridgehead atoms. The van der Waals surface area contributed by atoms with Gasteiger partial charge >= 0.3 is 12.3 Å². The molecule has 3 aromatic rings. The van der Waals surface area contributed by atoms with E-state index in [1.807, 2.05) is 19.1 Å². The second-order valence-electron chi connectivity index (χ2n) is 10.4. The second kappa shape index (κ2) is 9.09. The van der Waals surface area contributed by atoms with Gasteiger partial charge in [0.1, 0.15) is 5.75 Å². The lowest BCUT2D eigenvalue weighted by molar-refractivity contribution is -0.274. The zero-order chi connectivity index (χ0) is 25.5. The third kappa shape index (κ3) is 5.89. The van der Waals surface area contributed by atoms with Crippen molar-refractivity contribution < 1.29 is 27.8 Å². The number of imidazole rings is 1. The van der Waals surface area contributed by atoms with Crippen molar-refractivity contribution >= 4 is 28.6 Å². The number of alkyl halides is 3. The number of rotatable bonds is 6. The number of aryl methyl sites for hydroxylation is 1. The monoisotopic (exact) mass is 489 g/mol. The molecule has 4 rings (SSSR count). The quantitative estimate of drug-likeness (QED) is 0.390. The highest BCUT2D eigenvalue weighted by atomic mass is 19.4. The number of hydrogen-bond acceptors (Lipinski definition) is 4. The summed E-state index contributed by atoms with van der Waals surface area (Å²) in [6.45, 7) is 8.67. The van der Waals surface area contributed by atoms with E-state index in [0.717, 1.165) is 30.3 Å². The molecule has 1 aliphatic carbocycles. The minimum atomic E-state index is -4.75. The Labute approximate surface area is 202 Å². The molecule has 1 heterocycles. The van der Waals surface area contributed by atoms with Crippen LogP contribution in [-0.2, 0) is 11.2 Å². The van der Waals surface area contributed by atoms with Crippen molar-refractivity contribution in [2.24, 2.45) is 11.3 Å². The van der Waals surface area contributed by atoms with Gasteiger partial charge < -0.3 is 19.7 Å². The Morgan fingerprint density at radius 3 is 2.51 bits per heavy atom. The van der Waals surface area contributed by atoms with E-state index in [4.69, 9.17) is 4.98 Å². The molecule has 2 aromatic carbocycles. The van der Waals surface area contributed by atoms with Crippen molar-refractivity contribution in [1.82, 2.24) is 9.55 Å². The number of carboxylic acids is 1. The summed E-state index contributed by atoms with van der Waals surface area (Å²) in [5.74, 6) is -0.117. The molecule has 0 aliphatic heterocycles. The molecule has 1 saturated carbocycles. The lowest BCUT2D eigenvalue weighted by Gasteiger charge is -2.40. The molecule has 0 saturated heterocycles. The highest BCUT2D eigenvalue weighted by Gasteiger charge is 2.35. The van der Waals surface area contributed by atoms with Crippen molar-refractivity contribution in [3.05, 3.63) is 47.5 Å². The Hall–Kier alpha value is -3.23. The first-order valence-corrected chi connectivity index (χ1v) is 11.7. The van der Waals surface area contributed by atoms with E-state index in [9.17, 15) is 23.1 Å². The summed E-state index contributed by atoms with van der Waals surface area (Å²) in [7, 11) is 0. The van der Waals surface area contributed by atoms with E-state index in [0.29, 0.717) is 28.6 Å². The predicted octanol–water partition coefficient (Wildman–Crippen LogP) is 7.00. The van der Waals surface area contributed by atoms with Crippen LogP contribution >= 0.6 is 0 Å². The smallest absolute Gasteiger partial charge is 0.481 e. The molecule has 0 unspecified atom stereocenters. The van der Waals surface area contributed by atoms with Crippen LogP contribution in [0.4, 0.5) is 24.8 Å². The first kappa shape index (κ1) is 24.9. The Bertz CT molecular complexity index is 1230. The summed E-state index contributed by atoms with van der Waals surface area (Å²) in [5.41, 5.74) is 3.89. The van der Waals surface area contributed by atoms with Crippen molar-refractivity contribution in [2.75, 3.05) is 5.32 Å². The van der Waals surface area contributed by atoms with E-state index < -0.39 is 12.3 Å².